The Morgan fingerprint density at radius 3 is 2.55 bits per heavy atom. The first-order valence-corrected chi connectivity index (χ1v) is 11.1. The molecule has 0 unspecified atom stereocenters. The number of ether oxygens (including phenoxy) is 1. The fourth-order valence-electron chi connectivity index (χ4n) is 4.39. The van der Waals surface area contributed by atoms with Crippen LogP contribution < -0.4 is 15.4 Å². The zero-order chi connectivity index (χ0) is 20.6. The van der Waals surface area contributed by atoms with E-state index >= 15 is 0 Å². The molecular weight excluding hydrogens is 390 g/mol. The van der Waals surface area contributed by atoms with Gasteiger partial charge in [-0.05, 0) is 36.8 Å². The van der Waals surface area contributed by atoms with Crippen molar-refractivity contribution in [2.45, 2.75) is 37.3 Å². The third kappa shape index (κ3) is 3.82. The van der Waals surface area contributed by atoms with Crippen molar-refractivity contribution in [3.63, 3.8) is 0 Å². The van der Waals surface area contributed by atoms with Gasteiger partial charge < -0.3 is 15.4 Å². The predicted molar refractivity (Wildman–Crippen MR) is 111 cm³/mol. The molecule has 2 fully saturated rings. The smallest absolute Gasteiger partial charge is 0.319 e. The van der Waals surface area contributed by atoms with Crippen LogP contribution in [0.25, 0.3) is 0 Å². The van der Waals surface area contributed by atoms with Crippen molar-refractivity contribution in [1.29, 1.82) is 0 Å². The van der Waals surface area contributed by atoms with E-state index in [9.17, 15) is 13.2 Å². The standard InChI is InChI=1S/C21H25N3O4S/c1-21(2)18(17-11-12-28-19(17)21)23-20(25)22-15-9-6-10-16(13-15)29(26,27)24-14-7-4-3-5-8-14/h3-10,13,17-19,24H,11-12H2,1-2H3,(H2,22,23,25)/t17-,18+,19-/m0/s1. The van der Waals surface area contributed by atoms with Crippen LogP contribution in [0.4, 0.5) is 16.2 Å². The van der Waals surface area contributed by atoms with Crippen molar-refractivity contribution in [3.05, 3.63) is 54.6 Å². The average molecular weight is 416 g/mol. The maximum atomic E-state index is 12.6. The zero-order valence-electron chi connectivity index (χ0n) is 16.4. The number of hydrogen-bond donors (Lipinski definition) is 3. The minimum Gasteiger partial charge on any atom is -0.377 e. The molecule has 8 heteroatoms. The lowest BCUT2D eigenvalue weighted by atomic mass is 9.57. The lowest BCUT2D eigenvalue weighted by molar-refractivity contribution is -0.107. The van der Waals surface area contributed by atoms with Gasteiger partial charge in [0.1, 0.15) is 0 Å². The normalized spacial score (nSPS) is 24.8. The van der Waals surface area contributed by atoms with Crippen LogP contribution in [-0.2, 0) is 14.8 Å². The molecule has 0 radical (unpaired) electrons. The first-order chi connectivity index (χ1) is 13.8. The van der Waals surface area contributed by atoms with Crippen molar-refractivity contribution in [3.8, 4) is 0 Å². The van der Waals surface area contributed by atoms with Gasteiger partial charge in [-0.2, -0.15) is 0 Å². The van der Waals surface area contributed by atoms with E-state index in [2.05, 4.69) is 29.2 Å². The quantitative estimate of drug-likeness (QED) is 0.697. The molecule has 2 aromatic carbocycles. The molecule has 2 amide bonds. The number of carbonyl (C=O) groups is 1. The van der Waals surface area contributed by atoms with Gasteiger partial charge in [0.15, 0.2) is 0 Å². The summed E-state index contributed by atoms with van der Waals surface area (Å²) in [6.45, 7) is 4.91. The van der Waals surface area contributed by atoms with Crippen LogP contribution in [0, 0.1) is 11.3 Å². The van der Waals surface area contributed by atoms with Crippen LogP contribution in [0.1, 0.15) is 20.3 Å². The van der Waals surface area contributed by atoms with Gasteiger partial charge in [0.2, 0.25) is 0 Å². The number of urea groups is 1. The summed E-state index contributed by atoms with van der Waals surface area (Å²) in [4.78, 5) is 12.6. The van der Waals surface area contributed by atoms with Crippen molar-refractivity contribution >= 4 is 27.4 Å². The van der Waals surface area contributed by atoms with Crippen LogP contribution in [-0.4, -0.2) is 33.2 Å². The largest absolute Gasteiger partial charge is 0.377 e. The first kappa shape index (κ1) is 19.7. The third-order valence-electron chi connectivity index (χ3n) is 5.82. The summed E-state index contributed by atoms with van der Waals surface area (Å²) in [6, 6.07) is 14.5. The summed E-state index contributed by atoms with van der Waals surface area (Å²) >= 11 is 0. The Balaban J connectivity index is 1.43. The summed E-state index contributed by atoms with van der Waals surface area (Å²) in [5.41, 5.74) is 0.766. The number of nitrogens with one attached hydrogen (secondary N) is 3. The second-order valence-electron chi connectivity index (χ2n) is 8.14. The molecule has 29 heavy (non-hydrogen) atoms. The third-order valence-corrected chi connectivity index (χ3v) is 7.19. The summed E-state index contributed by atoms with van der Waals surface area (Å²) in [7, 11) is -3.76. The molecule has 3 N–H and O–H groups in total. The Bertz CT molecular complexity index is 1010. The molecule has 0 bridgehead atoms. The molecule has 3 atom stereocenters. The highest BCUT2D eigenvalue weighted by molar-refractivity contribution is 7.92. The number of sulfonamides is 1. The van der Waals surface area contributed by atoms with Gasteiger partial charge in [-0.1, -0.05) is 38.1 Å². The summed E-state index contributed by atoms with van der Waals surface area (Å²) in [6.07, 6.45) is 1.13. The van der Waals surface area contributed by atoms with Crippen molar-refractivity contribution in [2.24, 2.45) is 11.3 Å². The van der Waals surface area contributed by atoms with Gasteiger partial charge in [0.25, 0.3) is 10.0 Å². The second kappa shape index (κ2) is 7.35. The molecule has 1 saturated heterocycles. The number of hydrogen-bond acceptors (Lipinski definition) is 4. The predicted octanol–water partition coefficient (Wildman–Crippen LogP) is 3.42. The Morgan fingerprint density at radius 2 is 1.79 bits per heavy atom. The van der Waals surface area contributed by atoms with Crippen LogP contribution in [0.2, 0.25) is 0 Å². The number of benzene rings is 2. The number of amides is 2. The molecule has 1 saturated carbocycles. The van der Waals surface area contributed by atoms with Gasteiger partial charge in [-0.3, -0.25) is 4.72 Å². The molecule has 0 aromatic heterocycles. The minimum absolute atomic E-state index is 0.0293. The lowest BCUT2D eigenvalue weighted by Gasteiger charge is -2.54. The maximum Gasteiger partial charge on any atom is 0.319 e. The molecule has 154 valence electrons. The van der Waals surface area contributed by atoms with Gasteiger partial charge in [-0.25, -0.2) is 13.2 Å². The molecule has 0 spiro atoms. The Labute approximate surface area is 170 Å². The van der Waals surface area contributed by atoms with Crippen molar-refractivity contribution in [1.82, 2.24) is 5.32 Å². The monoisotopic (exact) mass is 415 g/mol. The topological polar surface area (TPSA) is 96.5 Å². The van der Waals surface area contributed by atoms with E-state index in [1.165, 1.54) is 12.1 Å². The van der Waals surface area contributed by atoms with Gasteiger partial charge in [0.05, 0.1) is 11.0 Å². The molecule has 2 aliphatic rings. The molecular formula is C21H25N3O4S. The Kier molecular flexibility index (Phi) is 5.00. The Hall–Kier alpha value is -2.58. The average Bonchev–Trinajstić information content (AvgIpc) is 3.14. The summed E-state index contributed by atoms with van der Waals surface area (Å²) in [5, 5.41) is 5.78. The van der Waals surface area contributed by atoms with E-state index in [1.807, 2.05) is 6.07 Å². The number of para-hydroxylation sites is 1. The van der Waals surface area contributed by atoms with Crippen molar-refractivity contribution in [2.75, 3.05) is 16.6 Å². The fraction of sp³-hybridized carbons (Fsp3) is 0.381. The zero-order valence-corrected chi connectivity index (χ0v) is 17.2. The second-order valence-corrected chi connectivity index (χ2v) is 9.82. The molecule has 4 rings (SSSR count). The SMILES string of the molecule is CC1(C)[C@H](NC(=O)Nc2cccc(S(=O)(=O)Nc3ccccc3)c2)[C@@H]2CCO[C@@H]21. The molecule has 7 nitrogen and oxygen atoms in total. The molecule has 2 aromatic rings. The fourth-order valence-corrected chi connectivity index (χ4v) is 5.49. The van der Waals surface area contributed by atoms with Crippen LogP contribution in [0.15, 0.2) is 59.5 Å². The van der Waals surface area contributed by atoms with E-state index in [1.54, 1.807) is 36.4 Å². The van der Waals surface area contributed by atoms with Crippen LogP contribution in [0.3, 0.4) is 0 Å². The van der Waals surface area contributed by atoms with Gasteiger partial charge >= 0.3 is 6.03 Å². The number of carbonyl (C=O) groups excluding carboxylic acids is 1. The highest BCUT2D eigenvalue weighted by atomic mass is 32.2. The van der Waals surface area contributed by atoms with E-state index in [4.69, 9.17) is 4.74 Å². The lowest BCUT2D eigenvalue weighted by Crippen LogP contribution is -2.67. The molecule has 1 aliphatic heterocycles. The van der Waals surface area contributed by atoms with Gasteiger partial charge in [0, 0.05) is 35.4 Å². The minimum atomic E-state index is -3.76. The van der Waals surface area contributed by atoms with Crippen LogP contribution >= 0.6 is 0 Å². The van der Waals surface area contributed by atoms with Crippen molar-refractivity contribution < 1.29 is 17.9 Å². The molecule has 1 heterocycles. The van der Waals surface area contributed by atoms with E-state index in [0.29, 0.717) is 17.3 Å². The molecule has 1 aliphatic carbocycles. The first-order valence-electron chi connectivity index (χ1n) is 9.64. The van der Waals surface area contributed by atoms with Gasteiger partial charge in [-0.15, -0.1) is 0 Å². The van der Waals surface area contributed by atoms with Crippen LogP contribution in [0.5, 0.6) is 0 Å². The number of fused-ring (bicyclic) bond motifs is 1. The number of anilines is 2. The number of rotatable bonds is 5. The van der Waals surface area contributed by atoms with E-state index in [0.717, 1.165) is 13.0 Å². The van der Waals surface area contributed by atoms with E-state index < -0.39 is 10.0 Å². The summed E-state index contributed by atoms with van der Waals surface area (Å²) < 4.78 is 33.5. The van der Waals surface area contributed by atoms with E-state index in [-0.39, 0.29) is 28.5 Å². The maximum absolute atomic E-state index is 12.6. The highest BCUT2D eigenvalue weighted by Crippen LogP contribution is 2.52. The Morgan fingerprint density at radius 1 is 1.07 bits per heavy atom. The summed E-state index contributed by atoms with van der Waals surface area (Å²) in [5.74, 6) is 0.331. The highest BCUT2D eigenvalue weighted by Gasteiger charge is 2.59.